The Bertz CT molecular complexity index is 581. The standard InChI is InChI=1S/C18H24N2O3/c1-18(2,3)23-17(22)19-12-4-5-13-6-8-14(9-7-13)16(21)20-15-10-11-15/h4-9,15H,10-12H2,1-3H3,(H,19,22)(H,20,21). The van der Waals surface area contributed by atoms with Crippen LogP contribution in [0.25, 0.3) is 6.08 Å². The van der Waals surface area contributed by atoms with Crippen molar-refractivity contribution in [3.8, 4) is 0 Å². The predicted molar refractivity (Wildman–Crippen MR) is 90.2 cm³/mol. The third-order valence-corrected chi connectivity index (χ3v) is 3.16. The maximum Gasteiger partial charge on any atom is 0.407 e. The van der Waals surface area contributed by atoms with Crippen LogP contribution in [-0.4, -0.2) is 30.2 Å². The first-order valence-electron chi connectivity index (χ1n) is 7.88. The lowest BCUT2D eigenvalue weighted by Gasteiger charge is -2.19. The molecule has 0 atom stereocenters. The third-order valence-electron chi connectivity index (χ3n) is 3.16. The molecule has 1 aliphatic rings. The molecule has 2 rings (SSSR count). The van der Waals surface area contributed by atoms with E-state index in [4.69, 9.17) is 4.74 Å². The molecule has 5 heteroatoms. The van der Waals surface area contributed by atoms with Crippen LogP contribution in [0.2, 0.25) is 0 Å². The first-order chi connectivity index (χ1) is 10.8. The van der Waals surface area contributed by atoms with E-state index in [1.807, 2.05) is 45.1 Å². The highest BCUT2D eigenvalue weighted by molar-refractivity contribution is 5.94. The van der Waals surface area contributed by atoms with Gasteiger partial charge in [-0.1, -0.05) is 24.3 Å². The van der Waals surface area contributed by atoms with E-state index in [1.54, 1.807) is 12.1 Å². The lowest BCUT2D eigenvalue weighted by atomic mass is 10.1. The zero-order valence-electron chi connectivity index (χ0n) is 13.9. The van der Waals surface area contributed by atoms with Gasteiger partial charge in [-0.15, -0.1) is 0 Å². The number of rotatable bonds is 5. The summed E-state index contributed by atoms with van der Waals surface area (Å²) in [6.45, 7) is 5.86. The Morgan fingerprint density at radius 3 is 2.43 bits per heavy atom. The zero-order valence-corrected chi connectivity index (χ0v) is 13.9. The van der Waals surface area contributed by atoms with Crippen molar-refractivity contribution < 1.29 is 14.3 Å². The molecule has 1 aliphatic carbocycles. The van der Waals surface area contributed by atoms with Crippen LogP contribution in [0.5, 0.6) is 0 Å². The SMILES string of the molecule is CC(C)(C)OC(=O)NCC=Cc1ccc(C(=O)NC2CC2)cc1. The highest BCUT2D eigenvalue weighted by Gasteiger charge is 2.23. The smallest absolute Gasteiger partial charge is 0.407 e. The number of ether oxygens (including phenoxy) is 1. The quantitative estimate of drug-likeness (QED) is 0.877. The fourth-order valence-electron chi connectivity index (χ4n) is 1.89. The van der Waals surface area contributed by atoms with Gasteiger partial charge in [0.15, 0.2) is 0 Å². The highest BCUT2D eigenvalue weighted by Crippen LogP contribution is 2.19. The lowest BCUT2D eigenvalue weighted by Crippen LogP contribution is -2.32. The van der Waals surface area contributed by atoms with Crippen LogP contribution in [0.15, 0.2) is 30.3 Å². The molecule has 23 heavy (non-hydrogen) atoms. The number of hydrogen-bond donors (Lipinski definition) is 2. The molecule has 0 bridgehead atoms. The van der Waals surface area contributed by atoms with Gasteiger partial charge in [-0.3, -0.25) is 4.79 Å². The molecule has 2 N–H and O–H groups in total. The van der Waals surface area contributed by atoms with Gasteiger partial charge in [-0.2, -0.15) is 0 Å². The van der Waals surface area contributed by atoms with Crippen LogP contribution in [0.4, 0.5) is 4.79 Å². The lowest BCUT2D eigenvalue weighted by molar-refractivity contribution is 0.0534. The van der Waals surface area contributed by atoms with Crippen LogP contribution in [0.3, 0.4) is 0 Å². The molecule has 0 aromatic heterocycles. The van der Waals surface area contributed by atoms with E-state index < -0.39 is 11.7 Å². The first kappa shape index (κ1) is 17.1. The molecule has 2 amide bonds. The van der Waals surface area contributed by atoms with Crippen LogP contribution in [-0.2, 0) is 4.74 Å². The number of amides is 2. The fraction of sp³-hybridized carbons (Fsp3) is 0.444. The maximum absolute atomic E-state index is 11.9. The Balaban J connectivity index is 1.76. The van der Waals surface area contributed by atoms with Crippen LogP contribution >= 0.6 is 0 Å². The van der Waals surface area contributed by atoms with Crippen molar-refractivity contribution in [3.63, 3.8) is 0 Å². The minimum Gasteiger partial charge on any atom is -0.444 e. The molecule has 0 saturated heterocycles. The number of carbonyl (C=O) groups is 2. The summed E-state index contributed by atoms with van der Waals surface area (Å²) in [6, 6.07) is 7.73. The van der Waals surface area contributed by atoms with E-state index >= 15 is 0 Å². The predicted octanol–water partition coefficient (Wildman–Crippen LogP) is 3.12. The molecule has 0 radical (unpaired) electrons. The van der Waals surface area contributed by atoms with Gasteiger partial charge < -0.3 is 15.4 Å². The van der Waals surface area contributed by atoms with Gasteiger partial charge in [0.2, 0.25) is 0 Å². The molecule has 1 fully saturated rings. The highest BCUT2D eigenvalue weighted by atomic mass is 16.6. The Morgan fingerprint density at radius 1 is 1.22 bits per heavy atom. The third kappa shape index (κ3) is 6.55. The second-order valence-electron chi connectivity index (χ2n) is 6.65. The second-order valence-corrected chi connectivity index (χ2v) is 6.65. The maximum atomic E-state index is 11.9. The average molecular weight is 316 g/mol. The van der Waals surface area contributed by atoms with E-state index in [0.29, 0.717) is 18.2 Å². The van der Waals surface area contributed by atoms with E-state index in [0.717, 1.165) is 18.4 Å². The van der Waals surface area contributed by atoms with Gasteiger partial charge in [-0.05, 0) is 51.3 Å². The number of carbonyl (C=O) groups excluding carboxylic acids is 2. The molecule has 1 saturated carbocycles. The van der Waals surface area contributed by atoms with Crippen molar-refractivity contribution in [2.75, 3.05) is 6.54 Å². The molecular weight excluding hydrogens is 292 g/mol. The summed E-state index contributed by atoms with van der Waals surface area (Å²) in [5.74, 6) is -0.0189. The molecule has 0 heterocycles. The summed E-state index contributed by atoms with van der Waals surface area (Å²) in [5, 5.41) is 5.61. The van der Waals surface area contributed by atoms with Crippen molar-refractivity contribution >= 4 is 18.1 Å². The van der Waals surface area contributed by atoms with Gasteiger partial charge in [0.25, 0.3) is 5.91 Å². The summed E-state index contributed by atoms with van der Waals surface area (Å²) >= 11 is 0. The number of nitrogens with one attached hydrogen (secondary N) is 2. The molecular formula is C18H24N2O3. The van der Waals surface area contributed by atoms with Gasteiger partial charge in [0.05, 0.1) is 0 Å². The Morgan fingerprint density at radius 2 is 1.87 bits per heavy atom. The van der Waals surface area contributed by atoms with Crippen molar-refractivity contribution in [2.24, 2.45) is 0 Å². The van der Waals surface area contributed by atoms with E-state index in [-0.39, 0.29) is 5.91 Å². The molecule has 1 aromatic rings. The minimum absolute atomic E-state index is 0.0189. The molecule has 0 aliphatic heterocycles. The average Bonchev–Trinajstić information content (AvgIpc) is 3.26. The van der Waals surface area contributed by atoms with E-state index in [2.05, 4.69) is 10.6 Å². The summed E-state index contributed by atoms with van der Waals surface area (Å²) in [4.78, 5) is 23.3. The van der Waals surface area contributed by atoms with Crippen molar-refractivity contribution in [3.05, 3.63) is 41.5 Å². The zero-order chi connectivity index (χ0) is 16.9. The normalized spacial score (nSPS) is 14.6. The second kappa shape index (κ2) is 7.31. The van der Waals surface area contributed by atoms with Gasteiger partial charge >= 0.3 is 6.09 Å². The Kier molecular flexibility index (Phi) is 5.42. The molecule has 0 unspecified atom stereocenters. The number of hydrogen-bond acceptors (Lipinski definition) is 3. The van der Waals surface area contributed by atoms with Gasteiger partial charge in [-0.25, -0.2) is 4.79 Å². The van der Waals surface area contributed by atoms with Gasteiger partial charge in [0, 0.05) is 18.2 Å². The van der Waals surface area contributed by atoms with Crippen LogP contribution < -0.4 is 10.6 Å². The summed E-state index contributed by atoms with van der Waals surface area (Å²) in [5.41, 5.74) is 1.14. The minimum atomic E-state index is -0.495. The topological polar surface area (TPSA) is 67.4 Å². The van der Waals surface area contributed by atoms with E-state index in [1.165, 1.54) is 0 Å². The van der Waals surface area contributed by atoms with Gasteiger partial charge in [0.1, 0.15) is 5.60 Å². The monoisotopic (exact) mass is 316 g/mol. The molecule has 124 valence electrons. The largest absolute Gasteiger partial charge is 0.444 e. The molecule has 0 spiro atoms. The first-order valence-corrected chi connectivity index (χ1v) is 7.88. The van der Waals surface area contributed by atoms with Crippen molar-refractivity contribution in [1.82, 2.24) is 10.6 Å². The van der Waals surface area contributed by atoms with Crippen molar-refractivity contribution in [1.29, 1.82) is 0 Å². The Labute approximate surface area is 137 Å². The Hall–Kier alpha value is -2.30. The van der Waals surface area contributed by atoms with E-state index in [9.17, 15) is 9.59 Å². The molecule has 5 nitrogen and oxygen atoms in total. The number of alkyl carbamates (subject to hydrolysis) is 1. The summed E-state index contributed by atoms with van der Waals surface area (Å²) in [6.07, 6.45) is 5.45. The fourth-order valence-corrected chi connectivity index (χ4v) is 1.89. The van der Waals surface area contributed by atoms with Crippen molar-refractivity contribution in [2.45, 2.75) is 45.3 Å². The summed E-state index contributed by atoms with van der Waals surface area (Å²) in [7, 11) is 0. The number of benzene rings is 1. The summed E-state index contributed by atoms with van der Waals surface area (Å²) < 4.78 is 5.14. The van der Waals surface area contributed by atoms with Crippen LogP contribution in [0, 0.1) is 0 Å². The molecule has 1 aromatic carbocycles. The van der Waals surface area contributed by atoms with Crippen LogP contribution in [0.1, 0.15) is 49.5 Å².